The summed E-state index contributed by atoms with van der Waals surface area (Å²) in [6.45, 7) is 3.72. The number of esters is 1. The summed E-state index contributed by atoms with van der Waals surface area (Å²) in [6, 6.07) is 15.4. The van der Waals surface area contributed by atoms with Crippen molar-refractivity contribution in [2.45, 2.75) is 13.8 Å². The molecule has 0 radical (unpaired) electrons. The Labute approximate surface area is 162 Å². The summed E-state index contributed by atoms with van der Waals surface area (Å²) in [4.78, 5) is 33.0. The fourth-order valence-electron chi connectivity index (χ4n) is 2.65. The van der Waals surface area contributed by atoms with Crippen molar-refractivity contribution in [1.82, 2.24) is 9.97 Å². The van der Waals surface area contributed by atoms with Crippen LogP contribution in [0, 0.1) is 13.8 Å². The molecule has 0 fully saturated rings. The van der Waals surface area contributed by atoms with Crippen LogP contribution in [0.25, 0.3) is 0 Å². The van der Waals surface area contributed by atoms with Gasteiger partial charge in [0, 0.05) is 23.1 Å². The molecule has 0 aliphatic carbocycles. The third-order valence-corrected chi connectivity index (χ3v) is 3.84. The first-order valence-corrected chi connectivity index (χ1v) is 8.55. The fraction of sp³-hybridized carbons (Fsp3) is 0.143. The van der Waals surface area contributed by atoms with E-state index in [0.717, 1.165) is 11.4 Å². The highest BCUT2D eigenvalue weighted by molar-refractivity contribution is 6.11. The maximum Gasteiger partial charge on any atom is 0.338 e. The van der Waals surface area contributed by atoms with Crippen LogP contribution in [0.4, 0.5) is 5.69 Å². The summed E-state index contributed by atoms with van der Waals surface area (Å²) in [6.07, 6.45) is 0. The summed E-state index contributed by atoms with van der Waals surface area (Å²) >= 11 is 0. The first kappa shape index (κ1) is 19.0. The van der Waals surface area contributed by atoms with Crippen LogP contribution in [0.2, 0.25) is 0 Å². The number of hydrogen-bond acceptors (Lipinski definition) is 6. The van der Waals surface area contributed by atoms with Gasteiger partial charge in [-0.2, -0.15) is 0 Å². The Bertz CT molecular complexity index is 1010. The second kappa shape index (κ2) is 8.30. The normalized spacial score (nSPS) is 10.2. The summed E-state index contributed by atoms with van der Waals surface area (Å²) in [7, 11) is 1.27. The number of aromatic nitrogens is 2. The fourth-order valence-corrected chi connectivity index (χ4v) is 2.65. The molecule has 0 saturated carbocycles. The van der Waals surface area contributed by atoms with E-state index in [1.807, 2.05) is 19.9 Å². The molecular formula is C21H19N3O4. The molecule has 142 valence electrons. The molecule has 0 unspecified atom stereocenters. The van der Waals surface area contributed by atoms with Crippen molar-refractivity contribution >= 4 is 17.6 Å². The van der Waals surface area contributed by atoms with Gasteiger partial charge in [-0.3, -0.25) is 4.79 Å². The Balaban J connectivity index is 1.80. The van der Waals surface area contributed by atoms with Gasteiger partial charge in [-0.1, -0.05) is 18.2 Å². The van der Waals surface area contributed by atoms with Crippen LogP contribution < -0.4 is 10.1 Å². The predicted octanol–water partition coefficient (Wildman–Crippen LogP) is 3.92. The predicted molar refractivity (Wildman–Crippen MR) is 104 cm³/mol. The quantitative estimate of drug-likeness (QED) is 0.678. The lowest BCUT2D eigenvalue weighted by atomic mass is 10.1. The van der Waals surface area contributed by atoms with E-state index in [2.05, 4.69) is 15.3 Å². The number of nitrogens with one attached hydrogen (secondary N) is 1. The third-order valence-electron chi connectivity index (χ3n) is 3.84. The molecule has 3 rings (SSSR count). The zero-order chi connectivity index (χ0) is 20.1. The Hall–Kier alpha value is -3.74. The minimum absolute atomic E-state index is 0.193. The summed E-state index contributed by atoms with van der Waals surface area (Å²) in [5, 5.41) is 2.76. The number of nitrogens with zero attached hydrogens (tertiary/aromatic N) is 2. The molecule has 0 aliphatic rings. The number of aryl methyl sites for hydroxylation is 2. The zero-order valence-corrected chi connectivity index (χ0v) is 15.7. The van der Waals surface area contributed by atoms with E-state index < -0.39 is 11.9 Å². The van der Waals surface area contributed by atoms with Crippen molar-refractivity contribution < 1.29 is 19.1 Å². The van der Waals surface area contributed by atoms with Gasteiger partial charge in [-0.15, -0.1) is 0 Å². The highest BCUT2D eigenvalue weighted by Gasteiger charge is 2.17. The SMILES string of the molecule is COC(=O)c1ccccc1C(=O)Nc1cccc(Oc2nc(C)cc(C)n2)c1. The van der Waals surface area contributed by atoms with E-state index in [4.69, 9.17) is 9.47 Å². The van der Waals surface area contributed by atoms with Gasteiger partial charge in [0.1, 0.15) is 5.75 Å². The Morgan fingerprint density at radius 3 is 2.25 bits per heavy atom. The van der Waals surface area contributed by atoms with Gasteiger partial charge in [0.25, 0.3) is 5.91 Å². The van der Waals surface area contributed by atoms with E-state index in [1.165, 1.54) is 13.2 Å². The molecule has 1 heterocycles. The van der Waals surface area contributed by atoms with E-state index in [9.17, 15) is 9.59 Å². The van der Waals surface area contributed by atoms with Crippen molar-refractivity contribution in [2.75, 3.05) is 12.4 Å². The number of carbonyl (C=O) groups is 2. The Morgan fingerprint density at radius 2 is 1.57 bits per heavy atom. The van der Waals surface area contributed by atoms with E-state index in [0.29, 0.717) is 11.4 Å². The van der Waals surface area contributed by atoms with Crippen molar-refractivity contribution in [2.24, 2.45) is 0 Å². The van der Waals surface area contributed by atoms with E-state index in [1.54, 1.807) is 42.5 Å². The monoisotopic (exact) mass is 377 g/mol. The third kappa shape index (κ3) is 4.50. The molecule has 0 spiro atoms. The summed E-state index contributed by atoms with van der Waals surface area (Å²) < 4.78 is 10.4. The lowest BCUT2D eigenvalue weighted by Crippen LogP contribution is -2.17. The number of methoxy groups -OCH3 is 1. The van der Waals surface area contributed by atoms with Crippen LogP contribution in [-0.4, -0.2) is 29.0 Å². The minimum Gasteiger partial charge on any atom is -0.465 e. The Kier molecular flexibility index (Phi) is 5.64. The maximum absolute atomic E-state index is 12.6. The average molecular weight is 377 g/mol. The molecule has 0 bridgehead atoms. The van der Waals surface area contributed by atoms with Crippen LogP contribution >= 0.6 is 0 Å². The van der Waals surface area contributed by atoms with Crippen molar-refractivity contribution in [3.05, 3.63) is 77.1 Å². The standard InChI is InChI=1S/C21H19N3O4/c1-13-11-14(2)23-21(22-13)28-16-8-6-7-15(12-16)24-19(25)17-9-4-5-10-18(17)20(26)27-3/h4-12H,1-3H3,(H,24,25). The van der Waals surface area contributed by atoms with Gasteiger partial charge in [-0.05, 0) is 44.2 Å². The summed E-state index contributed by atoms with van der Waals surface area (Å²) in [5.74, 6) is -0.528. The van der Waals surface area contributed by atoms with Crippen LogP contribution in [0.3, 0.4) is 0 Å². The molecule has 7 heteroatoms. The van der Waals surface area contributed by atoms with Crippen molar-refractivity contribution in [1.29, 1.82) is 0 Å². The van der Waals surface area contributed by atoms with Crippen LogP contribution in [0.15, 0.2) is 54.6 Å². The van der Waals surface area contributed by atoms with E-state index in [-0.39, 0.29) is 17.1 Å². The highest BCUT2D eigenvalue weighted by atomic mass is 16.5. The van der Waals surface area contributed by atoms with E-state index >= 15 is 0 Å². The van der Waals surface area contributed by atoms with Crippen LogP contribution in [0.1, 0.15) is 32.1 Å². The number of ether oxygens (including phenoxy) is 2. The van der Waals surface area contributed by atoms with Gasteiger partial charge in [0.05, 0.1) is 18.2 Å². The number of anilines is 1. The van der Waals surface area contributed by atoms with Crippen molar-refractivity contribution in [3.8, 4) is 11.8 Å². The highest BCUT2D eigenvalue weighted by Crippen LogP contribution is 2.23. The smallest absolute Gasteiger partial charge is 0.338 e. The molecule has 28 heavy (non-hydrogen) atoms. The molecule has 3 aromatic rings. The first-order chi connectivity index (χ1) is 13.5. The van der Waals surface area contributed by atoms with Crippen LogP contribution in [0.5, 0.6) is 11.8 Å². The molecule has 1 N–H and O–H groups in total. The lowest BCUT2D eigenvalue weighted by Gasteiger charge is -2.10. The number of benzene rings is 2. The molecular weight excluding hydrogens is 358 g/mol. The molecule has 1 amide bonds. The van der Waals surface area contributed by atoms with Crippen LogP contribution in [-0.2, 0) is 4.74 Å². The molecule has 2 aromatic carbocycles. The van der Waals surface area contributed by atoms with Gasteiger partial charge < -0.3 is 14.8 Å². The van der Waals surface area contributed by atoms with Gasteiger partial charge in [-0.25, -0.2) is 14.8 Å². The summed E-state index contributed by atoms with van der Waals surface area (Å²) in [5.41, 5.74) is 2.51. The zero-order valence-electron chi connectivity index (χ0n) is 15.7. The Morgan fingerprint density at radius 1 is 0.893 bits per heavy atom. The molecule has 0 aliphatic heterocycles. The number of hydrogen-bond donors (Lipinski definition) is 1. The van der Waals surface area contributed by atoms with Gasteiger partial charge in [0.15, 0.2) is 0 Å². The number of amides is 1. The minimum atomic E-state index is -0.574. The molecule has 0 saturated heterocycles. The van der Waals surface area contributed by atoms with Gasteiger partial charge >= 0.3 is 12.0 Å². The average Bonchev–Trinajstić information content (AvgIpc) is 2.67. The molecule has 1 aromatic heterocycles. The topological polar surface area (TPSA) is 90.4 Å². The largest absolute Gasteiger partial charge is 0.465 e. The second-order valence-corrected chi connectivity index (χ2v) is 6.05. The maximum atomic E-state index is 12.6. The van der Waals surface area contributed by atoms with Crippen molar-refractivity contribution in [3.63, 3.8) is 0 Å². The first-order valence-electron chi connectivity index (χ1n) is 8.55. The molecule has 7 nitrogen and oxygen atoms in total. The van der Waals surface area contributed by atoms with Gasteiger partial charge in [0.2, 0.25) is 0 Å². The number of rotatable bonds is 5. The number of carbonyl (C=O) groups excluding carboxylic acids is 2. The second-order valence-electron chi connectivity index (χ2n) is 6.05. The lowest BCUT2D eigenvalue weighted by molar-refractivity contribution is 0.0597. The molecule has 0 atom stereocenters.